The number of carbonyl (C=O) groups excluding carboxylic acids is 2. The summed E-state index contributed by atoms with van der Waals surface area (Å²) < 4.78 is 10.8. The molecule has 1 aromatic carbocycles. The van der Waals surface area contributed by atoms with E-state index in [0.29, 0.717) is 23.0 Å². The lowest BCUT2D eigenvalue weighted by atomic mass is 10.2. The largest absolute Gasteiger partial charge is 0.493 e. The number of nitrogens with one attached hydrogen (secondary N) is 2. The SMILES string of the molecule is CCCOc1c(Cl)cc(C(=O)NNC(=O)c2cc(C)c(CC)s2)cc1OC. The number of aryl methyl sites for hydroxylation is 2. The van der Waals surface area contributed by atoms with Crippen molar-refractivity contribution in [2.75, 3.05) is 13.7 Å². The fourth-order valence-electron chi connectivity index (χ4n) is 2.43. The highest BCUT2D eigenvalue weighted by Crippen LogP contribution is 2.36. The van der Waals surface area contributed by atoms with Crippen molar-refractivity contribution in [2.45, 2.75) is 33.6 Å². The van der Waals surface area contributed by atoms with Gasteiger partial charge in [-0.25, -0.2) is 0 Å². The topological polar surface area (TPSA) is 76.7 Å². The number of carbonyl (C=O) groups is 2. The number of hydrazine groups is 1. The second-order valence-corrected chi connectivity index (χ2v) is 7.36. The summed E-state index contributed by atoms with van der Waals surface area (Å²) in [6.07, 6.45) is 1.68. The Kier molecular flexibility index (Phi) is 7.50. The van der Waals surface area contributed by atoms with Gasteiger partial charge in [-0.1, -0.05) is 25.4 Å². The Hall–Kier alpha value is -2.25. The van der Waals surface area contributed by atoms with Gasteiger partial charge in [-0.05, 0) is 43.5 Å². The molecule has 0 radical (unpaired) electrons. The summed E-state index contributed by atoms with van der Waals surface area (Å²) in [7, 11) is 1.47. The molecule has 0 atom stereocenters. The lowest BCUT2D eigenvalue weighted by Gasteiger charge is -2.14. The fourth-order valence-corrected chi connectivity index (χ4v) is 3.70. The molecule has 146 valence electrons. The van der Waals surface area contributed by atoms with E-state index in [9.17, 15) is 9.59 Å². The number of ether oxygens (including phenoxy) is 2. The second-order valence-electron chi connectivity index (χ2n) is 5.82. The van der Waals surface area contributed by atoms with Gasteiger partial charge in [-0.15, -0.1) is 11.3 Å². The first-order chi connectivity index (χ1) is 12.9. The Labute approximate surface area is 167 Å². The minimum absolute atomic E-state index is 0.248. The molecule has 2 aromatic rings. The molecule has 0 bridgehead atoms. The van der Waals surface area contributed by atoms with Crippen LogP contribution in [0.5, 0.6) is 11.5 Å². The van der Waals surface area contributed by atoms with Crippen molar-refractivity contribution >= 4 is 34.8 Å². The molecule has 27 heavy (non-hydrogen) atoms. The third kappa shape index (κ3) is 5.14. The minimum atomic E-state index is -0.505. The van der Waals surface area contributed by atoms with E-state index in [1.54, 1.807) is 0 Å². The van der Waals surface area contributed by atoms with Crippen LogP contribution in [0.25, 0.3) is 0 Å². The summed E-state index contributed by atoms with van der Waals surface area (Å²) in [6, 6.07) is 4.80. The highest BCUT2D eigenvalue weighted by atomic mass is 35.5. The van der Waals surface area contributed by atoms with Gasteiger partial charge in [0.15, 0.2) is 11.5 Å². The highest BCUT2D eigenvalue weighted by molar-refractivity contribution is 7.14. The van der Waals surface area contributed by atoms with Gasteiger partial charge in [-0.2, -0.15) is 0 Å². The van der Waals surface area contributed by atoms with E-state index in [1.807, 2.05) is 26.8 Å². The Balaban J connectivity index is 2.08. The predicted molar refractivity (Wildman–Crippen MR) is 107 cm³/mol. The quantitative estimate of drug-likeness (QED) is 0.672. The van der Waals surface area contributed by atoms with Crippen LogP contribution < -0.4 is 20.3 Å². The number of amides is 2. The van der Waals surface area contributed by atoms with Gasteiger partial charge in [0, 0.05) is 10.4 Å². The van der Waals surface area contributed by atoms with Crippen LogP contribution in [-0.4, -0.2) is 25.5 Å². The molecule has 0 aliphatic carbocycles. The van der Waals surface area contributed by atoms with Gasteiger partial charge in [-0.3, -0.25) is 20.4 Å². The standard InChI is InChI=1S/C19H23ClN2O4S/c1-5-7-26-17-13(20)9-12(10-14(17)25-4)18(23)21-22-19(24)16-8-11(3)15(6-2)27-16/h8-10H,5-7H2,1-4H3,(H,21,23)(H,22,24). The van der Waals surface area contributed by atoms with Crippen LogP contribution in [0.2, 0.25) is 5.02 Å². The maximum Gasteiger partial charge on any atom is 0.279 e. The van der Waals surface area contributed by atoms with E-state index in [1.165, 1.54) is 30.6 Å². The molecule has 1 heterocycles. The van der Waals surface area contributed by atoms with Crippen molar-refractivity contribution in [3.63, 3.8) is 0 Å². The third-order valence-corrected chi connectivity index (χ3v) is 5.46. The van der Waals surface area contributed by atoms with Gasteiger partial charge >= 0.3 is 0 Å². The van der Waals surface area contributed by atoms with E-state index < -0.39 is 5.91 Å². The van der Waals surface area contributed by atoms with Crippen molar-refractivity contribution in [1.82, 2.24) is 10.9 Å². The molecule has 2 N–H and O–H groups in total. The summed E-state index contributed by atoms with van der Waals surface area (Å²) >= 11 is 7.63. The van der Waals surface area contributed by atoms with E-state index >= 15 is 0 Å². The van der Waals surface area contributed by atoms with Crippen molar-refractivity contribution in [1.29, 1.82) is 0 Å². The summed E-state index contributed by atoms with van der Waals surface area (Å²) in [5.41, 5.74) is 6.14. The monoisotopic (exact) mass is 410 g/mol. The van der Waals surface area contributed by atoms with Crippen molar-refractivity contribution in [3.8, 4) is 11.5 Å². The summed E-state index contributed by atoms with van der Waals surface area (Å²) in [5, 5.41) is 0.265. The number of halogens is 1. The van der Waals surface area contributed by atoms with Gasteiger partial charge in [0.2, 0.25) is 0 Å². The van der Waals surface area contributed by atoms with Crippen LogP contribution in [0.15, 0.2) is 18.2 Å². The smallest absolute Gasteiger partial charge is 0.279 e. The van der Waals surface area contributed by atoms with Gasteiger partial charge in [0.1, 0.15) is 0 Å². The first kappa shape index (κ1) is 21.1. The highest BCUT2D eigenvalue weighted by Gasteiger charge is 2.17. The van der Waals surface area contributed by atoms with E-state index in [-0.39, 0.29) is 16.5 Å². The molecule has 0 aliphatic heterocycles. The summed E-state index contributed by atoms with van der Waals surface area (Å²) in [6.45, 7) is 6.45. The number of hydrogen-bond acceptors (Lipinski definition) is 5. The maximum atomic E-state index is 12.4. The second kappa shape index (κ2) is 9.62. The number of benzene rings is 1. The molecular formula is C19H23ClN2O4S. The zero-order valence-corrected chi connectivity index (χ0v) is 17.3. The number of thiophene rings is 1. The molecule has 0 saturated carbocycles. The van der Waals surface area contributed by atoms with Crippen molar-refractivity contribution in [3.05, 3.63) is 44.1 Å². The first-order valence-corrected chi connectivity index (χ1v) is 9.80. The average Bonchev–Trinajstić information content (AvgIpc) is 3.05. The fraction of sp³-hybridized carbons (Fsp3) is 0.368. The van der Waals surface area contributed by atoms with Gasteiger partial charge in [0.05, 0.1) is 23.6 Å². The van der Waals surface area contributed by atoms with E-state index in [4.69, 9.17) is 21.1 Å². The third-order valence-electron chi connectivity index (χ3n) is 3.80. The molecule has 1 aromatic heterocycles. The van der Waals surface area contributed by atoms with Crippen LogP contribution in [0.3, 0.4) is 0 Å². The Morgan fingerprint density at radius 2 is 1.85 bits per heavy atom. The number of methoxy groups -OCH3 is 1. The van der Waals surface area contributed by atoms with Crippen LogP contribution >= 0.6 is 22.9 Å². The minimum Gasteiger partial charge on any atom is -0.493 e. The molecule has 8 heteroatoms. The Bertz CT molecular complexity index is 835. The first-order valence-electron chi connectivity index (χ1n) is 8.61. The molecule has 6 nitrogen and oxygen atoms in total. The zero-order chi connectivity index (χ0) is 20.0. The van der Waals surface area contributed by atoms with E-state index in [2.05, 4.69) is 10.9 Å². The van der Waals surface area contributed by atoms with Crippen LogP contribution in [0.4, 0.5) is 0 Å². The molecule has 0 spiro atoms. The lowest BCUT2D eigenvalue weighted by molar-refractivity contribution is 0.0848. The average molecular weight is 411 g/mol. The summed E-state index contributed by atoms with van der Waals surface area (Å²) in [5.74, 6) is -0.122. The van der Waals surface area contributed by atoms with Crippen LogP contribution in [0, 0.1) is 6.92 Å². The Morgan fingerprint density at radius 1 is 1.15 bits per heavy atom. The lowest BCUT2D eigenvalue weighted by Crippen LogP contribution is -2.41. The molecule has 2 amide bonds. The summed E-state index contributed by atoms with van der Waals surface area (Å²) in [4.78, 5) is 26.3. The van der Waals surface area contributed by atoms with E-state index in [0.717, 1.165) is 23.3 Å². The van der Waals surface area contributed by atoms with Crippen molar-refractivity contribution < 1.29 is 19.1 Å². The number of rotatable bonds is 7. The molecule has 0 aliphatic rings. The Morgan fingerprint density at radius 3 is 2.44 bits per heavy atom. The van der Waals surface area contributed by atoms with Crippen LogP contribution in [-0.2, 0) is 6.42 Å². The molecule has 0 fully saturated rings. The van der Waals surface area contributed by atoms with Crippen LogP contribution in [0.1, 0.15) is 50.7 Å². The molecule has 0 unspecified atom stereocenters. The van der Waals surface area contributed by atoms with Gasteiger partial charge < -0.3 is 9.47 Å². The van der Waals surface area contributed by atoms with Crippen molar-refractivity contribution in [2.24, 2.45) is 0 Å². The maximum absolute atomic E-state index is 12.4. The molecule has 2 rings (SSSR count). The normalized spacial score (nSPS) is 10.4. The molecular weight excluding hydrogens is 388 g/mol. The zero-order valence-electron chi connectivity index (χ0n) is 15.8. The number of hydrogen-bond donors (Lipinski definition) is 2. The molecule has 0 saturated heterocycles. The predicted octanol–water partition coefficient (Wildman–Crippen LogP) is 4.14. The van der Waals surface area contributed by atoms with Gasteiger partial charge in [0.25, 0.3) is 11.8 Å².